The lowest BCUT2D eigenvalue weighted by atomic mass is 10.1. The monoisotopic (exact) mass is 194 g/mol. The molecule has 3 nitrogen and oxygen atoms in total. The zero-order chi connectivity index (χ0) is 10.6. The third-order valence-electron chi connectivity index (χ3n) is 2.36. The molecule has 0 N–H and O–H groups in total. The molecule has 0 radical (unpaired) electrons. The first-order valence-electron chi connectivity index (χ1n) is 4.85. The first-order chi connectivity index (χ1) is 6.69. The van der Waals surface area contributed by atoms with Crippen molar-refractivity contribution < 1.29 is 4.74 Å². The third-order valence-corrected chi connectivity index (χ3v) is 2.36. The van der Waals surface area contributed by atoms with Crippen LogP contribution in [0.25, 0.3) is 0 Å². The summed E-state index contributed by atoms with van der Waals surface area (Å²) in [5, 5.41) is 0. The maximum Gasteiger partial charge on any atom is 0.212 e. The van der Waals surface area contributed by atoms with Crippen molar-refractivity contribution in [1.82, 2.24) is 9.88 Å². The molecule has 0 amide bonds. The molecule has 0 aliphatic heterocycles. The van der Waals surface area contributed by atoms with E-state index in [-0.39, 0.29) is 0 Å². The number of aromatic nitrogens is 1. The fraction of sp³-hybridized carbons (Fsp3) is 0.545. The van der Waals surface area contributed by atoms with Gasteiger partial charge in [-0.3, -0.25) is 0 Å². The molecule has 1 rings (SSSR count). The summed E-state index contributed by atoms with van der Waals surface area (Å²) in [5.41, 5.74) is 1.23. The summed E-state index contributed by atoms with van der Waals surface area (Å²) in [5.74, 6) is 0.669. The molecule has 0 fully saturated rings. The average Bonchev–Trinajstić information content (AvgIpc) is 2.19. The Kier molecular flexibility index (Phi) is 3.89. The number of hydrogen-bond donors (Lipinski definition) is 0. The normalized spacial score (nSPS) is 12.9. The van der Waals surface area contributed by atoms with Gasteiger partial charge in [-0.1, -0.05) is 13.0 Å². The lowest BCUT2D eigenvalue weighted by Crippen LogP contribution is -2.19. The van der Waals surface area contributed by atoms with Gasteiger partial charge < -0.3 is 9.64 Å². The van der Waals surface area contributed by atoms with Gasteiger partial charge in [-0.25, -0.2) is 4.98 Å². The average molecular weight is 194 g/mol. The highest BCUT2D eigenvalue weighted by molar-refractivity contribution is 5.20. The first-order valence-corrected chi connectivity index (χ1v) is 4.85. The van der Waals surface area contributed by atoms with Crippen LogP contribution < -0.4 is 4.74 Å². The van der Waals surface area contributed by atoms with Gasteiger partial charge in [-0.05, 0) is 26.1 Å². The molecule has 3 heteroatoms. The van der Waals surface area contributed by atoms with Gasteiger partial charge in [0.15, 0.2) is 0 Å². The molecule has 0 aromatic carbocycles. The molecule has 0 spiro atoms. The van der Waals surface area contributed by atoms with Crippen LogP contribution in [0.2, 0.25) is 0 Å². The van der Waals surface area contributed by atoms with Gasteiger partial charge in [0.1, 0.15) is 0 Å². The van der Waals surface area contributed by atoms with Crippen LogP contribution in [0.1, 0.15) is 24.9 Å². The van der Waals surface area contributed by atoms with Crippen LogP contribution in [0.4, 0.5) is 0 Å². The van der Waals surface area contributed by atoms with E-state index in [1.807, 2.05) is 12.3 Å². The van der Waals surface area contributed by atoms with Crippen LogP contribution in [0, 0.1) is 0 Å². The summed E-state index contributed by atoms with van der Waals surface area (Å²) in [6, 6.07) is 4.41. The molecular formula is C11H18N2O. The van der Waals surface area contributed by atoms with E-state index in [0.717, 1.165) is 6.42 Å². The molecule has 1 heterocycles. The van der Waals surface area contributed by atoms with Crippen molar-refractivity contribution in [2.75, 3.05) is 21.2 Å². The Hall–Kier alpha value is -1.09. The zero-order valence-electron chi connectivity index (χ0n) is 9.32. The van der Waals surface area contributed by atoms with Crippen LogP contribution in [0.3, 0.4) is 0 Å². The smallest absolute Gasteiger partial charge is 0.212 e. The molecular weight excluding hydrogens is 176 g/mol. The van der Waals surface area contributed by atoms with E-state index in [0.29, 0.717) is 11.9 Å². The molecule has 14 heavy (non-hydrogen) atoms. The van der Waals surface area contributed by atoms with Crippen LogP contribution in [-0.4, -0.2) is 31.1 Å². The second kappa shape index (κ2) is 4.96. The Bertz CT molecular complexity index is 269. The second-order valence-corrected chi connectivity index (χ2v) is 3.52. The van der Waals surface area contributed by atoms with Gasteiger partial charge in [0.2, 0.25) is 5.88 Å². The standard InChI is InChI=1S/C11H18N2O/c1-5-10(13(2)3)9-6-7-11(14-4)12-8-9/h6-8,10H,5H2,1-4H3. The maximum absolute atomic E-state index is 5.02. The molecule has 0 aliphatic rings. The molecule has 78 valence electrons. The summed E-state index contributed by atoms with van der Waals surface area (Å²) in [6.45, 7) is 2.18. The SMILES string of the molecule is CCC(c1ccc(OC)nc1)N(C)C. The Balaban J connectivity index is 2.84. The first kappa shape index (κ1) is 11.0. The number of rotatable bonds is 4. The van der Waals surface area contributed by atoms with Gasteiger partial charge in [-0.15, -0.1) is 0 Å². The summed E-state index contributed by atoms with van der Waals surface area (Å²) in [4.78, 5) is 6.40. The van der Waals surface area contributed by atoms with Crippen LogP contribution in [-0.2, 0) is 0 Å². The summed E-state index contributed by atoms with van der Waals surface area (Å²) < 4.78 is 5.02. The molecule has 1 unspecified atom stereocenters. The lowest BCUT2D eigenvalue weighted by Gasteiger charge is -2.22. The van der Waals surface area contributed by atoms with E-state index in [1.165, 1.54) is 5.56 Å². The van der Waals surface area contributed by atoms with Crippen molar-refractivity contribution in [3.05, 3.63) is 23.9 Å². The highest BCUT2D eigenvalue weighted by Gasteiger charge is 2.11. The van der Waals surface area contributed by atoms with Crippen molar-refractivity contribution in [2.45, 2.75) is 19.4 Å². The summed E-state index contributed by atoms with van der Waals surface area (Å²) in [7, 11) is 5.79. The van der Waals surface area contributed by atoms with Crippen molar-refractivity contribution in [2.24, 2.45) is 0 Å². The quantitative estimate of drug-likeness (QED) is 0.734. The van der Waals surface area contributed by atoms with E-state index in [4.69, 9.17) is 4.74 Å². The van der Waals surface area contributed by atoms with Crippen LogP contribution in [0.5, 0.6) is 5.88 Å². The van der Waals surface area contributed by atoms with Crippen molar-refractivity contribution in [1.29, 1.82) is 0 Å². The predicted molar refractivity (Wildman–Crippen MR) is 57.5 cm³/mol. The zero-order valence-corrected chi connectivity index (χ0v) is 9.32. The van der Waals surface area contributed by atoms with Gasteiger partial charge in [0.05, 0.1) is 7.11 Å². The predicted octanol–water partition coefficient (Wildman–Crippen LogP) is 2.10. The fourth-order valence-electron chi connectivity index (χ4n) is 1.61. The largest absolute Gasteiger partial charge is 0.481 e. The molecule has 1 atom stereocenters. The van der Waals surface area contributed by atoms with E-state index in [1.54, 1.807) is 7.11 Å². The number of hydrogen-bond acceptors (Lipinski definition) is 3. The minimum absolute atomic E-state index is 0.438. The van der Waals surface area contributed by atoms with Crippen molar-refractivity contribution in [3.63, 3.8) is 0 Å². The number of methoxy groups -OCH3 is 1. The Morgan fingerprint density at radius 2 is 2.14 bits per heavy atom. The maximum atomic E-state index is 5.02. The summed E-state index contributed by atoms with van der Waals surface area (Å²) >= 11 is 0. The molecule has 1 aromatic rings. The van der Waals surface area contributed by atoms with Crippen LogP contribution >= 0.6 is 0 Å². The fourth-order valence-corrected chi connectivity index (χ4v) is 1.61. The lowest BCUT2D eigenvalue weighted by molar-refractivity contribution is 0.290. The molecule has 1 aromatic heterocycles. The Morgan fingerprint density at radius 3 is 2.50 bits per heavy atom. The number of pyridine rings is 1. The Labute approximate surface area is 85.7 Å². The minimum atomic E-state index is 0.438. The topological polar surface area (TPSA) is 25.4 Å². The number of nitrogens with zero attached hydrogens (tertiary/aromatic N) is 2. The molecule has 0 saturated carbocycles. The van der Waals surface area contributed by atoms with E-state index < -0.39 is 0 Å². The van der Waals surface area contributed by atoms with E-state index in [9.17, 15) is 0 Å². The van der Waals surface area contributed by atoms with Crippen LogP contribution in [0.15, 0.2) is 18.3 Å². The highest BCUT2D eigenvalue weighted by atomic mass is 16.5. The molecule has 0 bridgehead atoms. The highest BCUT2D eigenvalue weighted by Crippen LogP contribution is 2.21. The van der Waals surface area contributed by atoms with Gasteiger partial charge in [0.25, 0.3) is 0 Å². The van der Waals surface area contributed by atoms with Crippen molar-refractivity contribution in [3.8, 4) is 5.88 Å². The second-order valence-electron chi connectivity index (χ2n) is 3.52. The Morgan fingerprint density at radius 1 is 1.43 bits per heavy atom. The van der Waals surface area contributed by atoms with Crippen molar-refractivity contribution >= 4 is 0 Å². The van der Waals surface area contributed by atoms with Gasteiger partial charge in [-0.2, -0.15) is 0 Å². The van der Waals surface area contributed by atoms with Gasteiger partial charge >= 0.3 is 0 Å². The summed E-state index contributed by atoms with van der Waals surface area (Å²) in [6.07, 6.45) is 2.97. The molecule has 0 aliphatic carbocycles. The van der Waals surface area contributed by atoms with E-state index in [2.05, 4.69) is 37.0 Å². The molecule has 0 saturated heterocycles. The van der Waals surface area contributed by atoms with E-state index >= 15 is 0 Å². The minimum Gasteiger partial charge on any atom is -0.481 e. The third kappa shape index (κ3) is 2.45. The number of ether oxygens (including phenoxy) is 1. The van der Waals surface area contributed by atoms with Gasteiger partial charge in [0, 0.05) is 18.3 Å².